The quantitative estimate of drug-likeness (QED) is 0.758. The molecule has 15 heavy (non-hydrogen) atoms. The second-order valence-electron chi connectivity index (χ2n) is 5.37. The van der Waals surface area contributed by atoms with Crippen molar-refractivity contribution in [1.82, 2.24) is 4.90 Å². The van der Waals surface area contributed by atoms with Crippen molar-refractivity contribution in [3.8, 4) is 0 Å². The van der Waals surface area contributed by atoms with Crippen molar-refractivity contribution in [2.75, 3.05) is 13.1 Å². The number of aliphatic hydroxyl groups is 1. The molecule has 1 saturated carbocycles. The van der Waals surface area contributed by atoms with E-state index in [1.807, 2.05) is 0 Å². The zero-order valence-electron chi connectivity index (χ0n) is 9.99. The molecule has 1 heterocycles. The van der Waals surface area contributed by atoms with Gasteiger partial charge in [-0.1, -0.05) is 13.3 Å². The molecular formula is C13H25NO. The zero-order valence-corrected chi connectivity index (χ0v) is 9.99. The summed E-state index contributed by atoms with van der Waals surface area (Å²) in [4.78, 5) is 2.70. The molecule has 2 nitrogen and oxygen atoms in total. The minimum Gasteiger partial charge on any atom is -0.393 e. The fourth-order valence-electron chi connectivity index (χ4n) is 3.19. The maximum absolute atomic E-state index is 9.50. The SMILES string of the molecule is CC[C@@H]1CCCN(C2CCC(O)CC2)C1. The Morgan fingerprint density at radius 2 is 1.87 bits per heavy atom. The Kier molecular flexibility index (Phi) is 4.04. The molecule has 2 aliphatic rings. The number of rotatable bonds is 2. The molecule has 0 amide bonds. The van der Waals surface area contributed by atoms with Crippen LogP contribution in [0.25, 0.3) is 0 Å². The van der Waals surface area contributed by atoms with Crippen LogP contribution in [0.4, 0.5) is 0 Å². The first-order chi connectivity index (χ1) is 7.29. The van der Waals surface area contributed by atoms with Crippen molar-refractivity contribution >= 4 is 0 Å². The van der Waals surface area contributed by atoms with Gasteiger partial charge in [0.15, 0.2) is 0 Å². The maximum Gasteiger partial charge on any atom is 0.0541 e. The smallest absolute Gasteiger partial charge is 0.0541 e. The summed E-state index contributed by atoms with van der Waals surface area (Å²) in [7, 11) is 0. The van der Waals surface area contributed by atoms with Crippen LogP contribution < -0.4 is 0 Å². The number of hydrogen-bond donors (Lipinski definition) is 1. The lowest BCUT2D eigenvalue weighted by Gasteiger charge is -2.40. The van der Waals surface area contributed by atoms with E-state index in [9.17, 15) is 5.11 Å². The van der Waals surface area contributed by atoms with Crippen molar-refractivity contribution in [2.45, 2.75) is 64.0 Å². The van der Waals surface area contributed by atoms with Gasteiger partial charge in [0.25, 0.3) is 0 Å². The van der Waals surface area contributed by atoms with Crippen LogP contribution in [-0.2, 0) is 0 Å². The summed E-state index contributed by atoms with van der Waals surface area (Å²) in [5.41, 5.74) is 0. The van der Waals surface area contributed by atoms with E-state index in [1.54, 1.807) is 0 Å². The lowest BCUT2D eigenvalue weighted by Crippen LogP contribution is -2.44. The van der Waals surface area contributed by atoms with Crippen LogP contribution in [0.5, 0.6) is 0 Å². The standard InChI is InChI=1S/C13H25NO/c1-2-11-4-3-9-14(10-11)12-5-7-13(15)8-6-12/h11-13,15H,2-10H2,1H3/t11-,12?,13?/m1/s1. The monoisotopic (exact) mass is 211 g/mol. The highest BCUT2D eigenvalue weighted by atomic mass is 16.3. The van der Waals surface area contributed by atoms with Crippen LogP contribution in [-0.4, -0.2) is 35.2 Å². The molecule has 0 unspecified atom stereocenters. The van der Waals surface area contributed by atoms with Crippen LogP contribution >= 0.6 is 0 Å². The third-order valence-electron chi connectivity index (χ3n) is 4.31. The maximum atomic E-state index is 9.50. The first-order valence-electron chi connectivity index (χ1n) is 6.71. The number of nitrogens with zero attached hydrogens (tertiary/aromatic N) is 1. The molecule has 1 N–H and O–H groups in total. The van der Waals surface area contributed by atoms with Gasteiger partial charge in [-0.3, -0.25) is 0 Å². The number of piperidine rings is 1. The topological polar surface area (TPSA) is 23.5 Å². The van der Waals surface area contributed by atoms with Crippen molar-refractivity contribution in [2.24, 2.45) is 5.92 Å². The Labute approximate surface area is 93.7 Å². The molecule has 1 atom stereocenters. The van der Waals surface area contributed by atoms with Gasteiger partial charge in [-0.2, -0.15) is 0 Å². The van der Waals surface area contributed by atoms with Crippen LogP contribution in [0.15, 0.2) is 0 Å². The van der Waals surface area contributed by atoms with Gasteiger partial charge >= 0.3 is 0 Å². The highest BCUT2D eigenvalue weighted by molar-refractivity contribution is 4.83. The molecule has 0 radical (unpaired) electrons. The molecule has 2 rings (SSSR count). The average molecular weight is 211 g/mol. The summed E-state index contributed by atoms with van der Waals surface area (Å²) in [6, 6.07) is 0.780. The molecule has 2 fully saturated rings. The Morgan fingerprint density at radius 1 is 1.13 bits per heavy atom. The van der Waals surface area contributed by atoms with Crippen LogP contribution in [0.1, 0.15) is 51.9 Å². The van der Waals surface area contributed by atoms with Gasteiger partial charge in [0.05, 0.1) is 6.10 Å². The van der Waals surface area contributed by atoms with Crippen molar-refractivity contribution < 1.29 is 5.11 Å². The first kappa shape index (κ1) is 11.4. The Balaban J connectivity index is 1.82. The second-order valence-corrected chi connectivity index (χ2v) is 5.37. The van der Waals surface area contributed by atoms with Crippen LogP contribution in [0.2, 0.25) is 0 Å². The van der Waals surface area contributed by atoms with Gasteiger partial charge in [0.1, 0.15) is 0 Å². The van der Waals surface area contributed by atoms with Gasteiger partial charge in [0.2, 0.25) is 0 Å². The van der Waals surface area contributed by atoms with E-state index < -0.39 is 0 Å². The molecule has 0 aromatic rings. The Hall–Kier alpha value is -0.0800. The lowest BCUT2D eigenvalue weighted by molar-refractivity contribution is 0.0511. The van der Waals surface area contributed by atoms with Gasteiger partial charge in [0, 0.05) is 12.6 Å². The largest absolute Gasteiger partial charge is 0.393 e. The minimum atomic E-state index is -0.00647. The summed E-state index contributed by atoms with van der Waals surface area (Å²) in [5.74, 6) is 0.936. The number of aliphatic hydroxyl groups excluding tert-OH is 1. The predicted octanol–water partition coefficient (Wildman–Crippen LogP) is 2.41. The van der Waals surface area contributed by atoms with E-state index in [2.05, 4.69) is 11.8 Å². The third-order valence-corrected chi connectivity index (χ3v) is 4.31. The van der Waals surface area contributed by atoms with Crippen molar-refractivity contribution in [3.05, 3.63) is 0 Å². The second kappa shape index (κ2) is 5.31. The lowest BCUT2D eigenvalue weighted by atomic mass is 9.88. The zero-order chi connectivity index (χ0) is 10.7. The molecule has 0 aromatic carbocycles. The fourth-order valence-corrected chi connectivity index (χ4v) is 3.19. The van der Waals surface area contributed by atoms with Gasteiger partial charge < -0.3 is 10.0 Å². The summed E-state index contributed by atoms with van der Waals surface area (Å²) < 4.78 is 0. The molecular weight excluding hydrogens is 186 g/mol. The molecule has 1 aliphatic carbocycles. The third kappa shape index (κ3) is 2.94. The summed E-state index contributed by atoms with van der Waals surface area (Å²) in [6.45, 7) is 4.94. The van der Waals surface area contributed by atoms with E-state index in [1.165, 1.54) is 45.2 Å². The normalized spacial score (nSPS) is 39.2. The van der Waals surface area contributed by atoms with E-state index in [4.69, 9.17) is 0 Å². The van der Waals surface area contributed by atoms with Crippen LogP contribution in [0, 0.1) is 5.92 Å². The van der Waals surface area contributed by atoms with Crippen molar-refractivity contribution in [3.63, 3.8) is 0 Å². The first-order valence-corrected chi connectivity index (χ1v) is 6.71. The van der Waals surface area contributed by atoms with E-state index in [0.717, 1.165) is 24.8 Å². The fraction of sp³-hybridized carbons (Fsp3) is 1.00. The van der Waals surface area contributed by atoms with Gasteiger partial charge in [-0.25, -0.2) is 0 Å². The summed E-state index contributed by atoms with van der Waals surface area (Å²) in [5, 5.41) is 9.50. The van der Waals surface area contributed by atoms with E-state index in [0.29, 0.717) is 0 Å². The number of likely N-dealkylation sites (tertiary alicyclic amines) is 1. The van der Waals surface area contributed by atoms with Gasteiger partial charge in [-0.05, 0) is 51.0 Å². The predicted molar refractivity (Wildman–Crippen MR) is 62.9 cm³/mol. The Morgan fingerprint density at radius 3 is 2.53 bits per heavy atom. The van der Waals surface area contributed by atoms with Crippen molar-refractivity contribution in [1.29, 1.82) is 0 Å². The summed E-state index contributed by atoms with van der Waals surface area (Å²) in [6.07, 6.45) is 8.64. The minimum absolute atomic E-state index is 0.00647. The molecule has 1 saturated heterocycles. The van der Waals surface area contributed by atoms with Gasteiger partial charge in [-0.15, -0.1) is 0 Å². The Bertz CT molecular complexity index is 187. The van der Waals surface area contributed by atoms with Crippen LogP contribution in [0.3, 0.4) is 0 Å². The number of hydrogen-bond acceptors (Lipinski definition) is 2. The average Bonchev–Trinajstić information content (AvgIpc) is 2.30. The highest BCUT2D eigenvalue weighted by Gasteiger charge is 2.28. The molecule has 0 spiro atoms. The molecule has 2 heteroatoms. The van der Waals surface area contributed by atoms with E-state index in [-0.39, 0.29) is 6.10 Å². The molecule has 0 bridgehead atoms. The highest BCUT2D eigenvalue weighted by Crippen LogP contribution is 2.28. The molecule has 88 valence electrons. The summed E-state index contributed by atoms with van der Waals surface area (Å²) >= 11 is 0. The molecule has 1 aliphatic heterocycles. The molecule has 0 aromatic heterocycles. The van der Waals surface area contributed by atoms with E-state index >= 15 is 0 Å².